The highest BCUT2D eigenvalue weighted by Gasteiger charge is 2.28. The van der Waals surface area contributed by atoms with Crippen LogP contribution in [0, 0.1) is 6.92 Å². The molecule has 0 fully saturated rings. The number of aryl methyl sites for hydroxylation is 2. The fraction of sp³-hybridized carbons (Fsp3) is 0.333. The molecule has 0 spiro atoms. The molecule has 0 bridgehead atoms. The SMILES string of the molecule is COc1ccc2c(C)c(CCC(=O)N3c4ccccc4CCC3C)c(=O)oc2c1. The van der Waals surface area contributed by atoms with E-state index in [-0.39, 0.29) is 24.0 Å². The molecule has 0 aliphatic carbocycles. The molecule has 1 aliphatic rings. The summed E-state index contributed by atoms with van der Waals surface area (Å²) in [6, 6.07) is 13.7. The lowest BCUT2D eigenvalue weighted by atomic mass is 9.95. The van der Waals surface area contributed by atoms with Gasteiger partial charge in [0.15, 0.2) is 0 Å². The summed E-state index contributed by atoms with van der Waals surface area (Å²) in [7, 11) is 1.58. The van der Waals surface area contributed by atoms with Crippen molar-refractivity contribution in [3.63, 3.8) is 0 Å². The molecule has 1 aliphatic heterocycles. The van der Waals surface area contributed by atoms with Gasteiger partial charge in [-0.3, -0.25) is 4.79 Å². The van der Waals surface area contributed by atoms with Crippen LogP contribution in [-0.4, -0.2) is 19.1 Å². The number of anilines is 1. The summed E-state index contributed by atoms with van der Waals surface area (Å²) in [5.74, 6) is 0.680. The summed E-state index contributed by atoms with van der Waals surface area (Å²) in [4.78, 5) is 27.6. The second kappa shape index (κ2) is 7.74. The van der Waals surface area contributed by atoms with E-state index < -0.39 is 0 Å². The van der Waals surface area contributed by atoms with Gasteiger partial charge < -0.3 is 14.1 Å². The van der Waals surface area contributed by atoms with E-state index in [2.05, 4.69) is 13.0 Å². The van der Waals surface area contributed by atoms with Gasteiger partial charge in [0.1, 0.15) is 11.3 Å². The molecule has 2 heterocycles. The number of fused-ring (bicyclic) bond motifs is 2. The van der Waals surface area contributed by atoms with Gasteiger partial charge >= 0.3 is 5.63 Å². The fourth-order valence-corrected chi connectivity index (χ4v) is 4.21. The van der Waals surface area contributed by atoms with Crippen LogP contribution in [0.2, 0.25) is 0 Å². The van der Waals surface area contributed by atoms with Crippen molar-refractivity contribution in [1.82, 2.24) is 0 Å². The van der Waals surface area contributed by atoms with E-state index in [0.717, 1.165) is 29.5 Å². The maximum Gasteiger partial charge on any atom is 0.339 e. The summed E-state index contributed by atoms with van der Waals surface area (Å²) < 4.78 is 10.7. The number of nitrogens with zero attached hydrogens (tertiary/aromatic N) is 1. The highest BCUT2D eigenvalue weighted by atomic mass is 16.5. The molecule has 1 aromatic heterocycles. The van der Waals surface area contributed by atoms with E-state index in [0.29, 0.717) is 23.3 Å². The Balaban J connectivity index is 1.60. The lowest BCUT2D eigenvalue weighted by Gasteiger charge is -2.35. The van der Waals surface area contributed by atoms with Crippen molar-refractivity contribution in [1.29, 1.82) is 0 Å². The molecule has 5 heteroatoms. The number of benzene rings is 2. The number of methoxy groups -OCH3 is 1. The Morgan fingerprint density at radius 2 is 2.03 bits per heavy atom. The van der Waals surface area contributed by atoms with Crippen molar-refractivity contribution in [2.45, 2.75) is 45.6 Å². The Labute approximate surface area is 169 Å². The average Bonchev–Trinajstić information content (AvgIpc) is 2.72. The van der Waals surface area contributed by atoms with Gasteiger partial charge in [0, 0.05) is 35.2 Å². The minimum absolute atomic E-state index is 0.0401. The molecular formula is C24H25NO4. The average molecular weight is 391 g/mol. The molecule has 4 rings (SSSR count). The molecule has 0 saturated carbocycles. The zero-order valence-electron chi connectivity index (χ0n) is 17.0. The molecule has 2 aromatic carbocycles. The summed E-state index contributed by atoms with van der Waals surface area (Å²) >= 11 is 0. The third kappa shape index (κ3) is 3.53. The van der Waals surface area contributed by atoms with Gasteiger partial charge in [-0.1, -0.05) is 18.2 Å². The van der Waals surface area contributed by atoms with Crippen molar-refractivity contribution in [2.24, 2.45) is 0 Å². The fourth-order valence-electron chi connectivity index (χ4n) is 4.21. The lowest BCUT2D eigenvalue weighted by molar-refractivity contribution is -0.119. The first kappa shape index (κ1) is 19.2. The predicted molar refractivity (Wildman–Crippen MR) is 114 cm³/mol. The number of hydrogen-bond donors (Lipinski definition) is 0. The summed E-state index contributed by atoms with van der Waals surface area (Å²) in [5.41, 5.74) is 3.73. The number of rotatable bonds is 4. The molecule has 1 amide bonds. The monoisotopic (exact) mass is 391 g/mol. The maximum absolute atomic E-state index is 13.1. The molecule has 3 aromatic rings. The summed E-state index contributed by atoms with van der Waals surface area (Å²) in [6.07, 6.45) is 2.56. The predicted octanol–water partition coefficient (Wildman–Crippen LogP) is 4.41. The molecule has 1 atom stereocenters. The first-order valence-electron chi connectivity index (χ1n) is 10.00. The van der Waals surface area contributed by atoms with Crippen LogP contribution in [-0.2, 0) is 17.6 Å². The second-order valence-electron chi connectivity index (χ2n) is 7.64. The second-order valence-corrected chi connectivity index (χ2v) is 7.64. The van der Waals surface area contributed by atoms with Gasteiger partial charge in [-0.05, 0) is 62.4 Å². The van der Waals surface area contributed by atoms with E-state index >= 15 is 0 Å². The number of carbonyl (C=O) groups is 1. The Morgan fingerprint density at radius 3 is 2.83 bits per heavy atom. The van der Waals surface area contributed by atoms with Crippen molar-refractivity contribution in [3.05, 3.63) is 69.6 Å². The van der Waals surface area contributed by atoms with Crippen molar-refractivity contribution < 1.29 is 13.9 Å². The Bertz CT molecular complexity index is 1130. The zero-order chi connectivity index (χ0) is 20.5. The summed E-state index contributed by atoms with van der Waals surface area (Å²) in [5, 5.41) is 0.865. The standard InChI is InChI=1S/C24H25NO4/c1-15-8-9-17-6-4-5-7-21(17)25(15)23(26)13-12-20-16(2)19-11-10-18(28-3)14-22(19)29-24(20)27/h4-7,10-11,14-15H,8-9,12-13H2,1-3H3. The zero-order valence-corrected chi connectivity index (χ0v) is 17.0. The van der Waals surface area contributed by atoms with Crippen molar-refractivity contribution >= 4 is 22.6 Å². The number of para-hydroxylation sites is 1. The molecule has 0 radical (unpaired) electrons. The smallest absolute Gasteiger partial charge is 0.339 e. The van der Waals surface area contributed by atoms with Crippen LogP contribution in [0.25, 0.3) is 11.0 Å². The van der Waals surface area contributed by atoms with Crippen LogP contribution in [0.1, 0.15) is 36.5 Å². The number of amides is 1. The lowest BCUT2D eigenvalue weighted by Crippen LogP contribution is -2.42. The maximum atomic E-state index is 13.1. The molecular weight excluding hydrogens is 366 g/mol. The minimum atomic E-state index is -0.386. The molecule has 29 heavy (non-hydrogen) atoms. The first-order chi connectivity index (χ1) is 14.0. The Morgan fingerprint density at radius 1 is 1.24 bits per heavy atom. The Hall–Kier alpha value is -3.08. The molecule has 150 valence electrons. The van der Waals surface area contributed by atoms with Gasteiger partial charge in [-0.25, -0.2) is 4.79 Å². The third-order valence-corrected chi connectivity index (χ3v) is 5.88. The van der Waals surface area contributed by atoms with Gasteiger partial charge in [-0.2, -0.15) is 0 Å². The van der Waals surface area contributed by atoms with E-state index in [1.165, 1.54) is 5.56 Å². The van der Waals surface area contributed by atoms with Crippen LogP contribution in [0.3, 0.4) is 0 Å². The first-order valence-corrected chi connectivity index (χ1v) is 10.00. The highest BCUT2D eigenvalue weighted by molar-refractivity contribution is 5.95. The van der Waals surface area contributed by atoms with Gasteiger partial charge in [0.05, 0.1) is 7.11 Å². The van der Waals surface area contributed by atoms with Gasteiger partial charge in [0.2, 0.25) is 5.91 Å². The number of hydrogen-bond acceptors (Lipinski definition) is 4. The molecule has 0 N–H and O–H groups in total. The highest BCUT2D eigenvalue weighted by Crippen LogP contribution is 2.31. The summed E-state index contributed by atoms with van der Waals surface area (Å²) in [6.45, 7) is 3.99. The van der Waals surface area contributed by atoms with Crippen LogP contribution in [0.5, 0.6) is 5.75 Å². The van der Waals surface area contributed by atoms with Crippen LogP contribution < -0.4 is 15.3 Å². The molecule has 0 saturated heterocycles. The van der Waals surface area contributed by atoms with Crippen LogP contribution in [0.4, 0.5) is 5.69 Å². The van der Waals surface area contributed by atoms with Crippen molar-refractivity contribution in [3.8, 4) is 5.75 Å². The normalized spacial score (nSPS) is 16.0. The van der Waals surface area contributed by atoms with Gasteiger partial charge in [0.25, 0.3) is 0 Å². The van der Waals surface area contributed by atoms with Crippen LogP contribution >= 0.6 is 0 Å². The van der Waals surface area contributed by atoms with E-state index in [4.69, 9.17) is 9.15 Å². The number of ether oxygens (including phenoxy) is 1. The Kier molecular flexibility index (Phi) is 5.14. The minimum Gasteiger partial charge on any atom is -0.497 e. The largest absolute Gasteiger partial charge is 0.497 e. The van der Waals surface area contributed by atoms with Crippen molar-refractivity contribution in [2.75, 3.05) is 12.0 Å². The number of carbonyl (C=O) groups excluding carboxylic acids is 1. The van der Waals surface area contributed by atoms with E-state index in [1.807, 2.05) is 42.2 Å². The van der Waals surface area contributed by atoms with E-state index in [1.54, 1.807) is 13.2 Å². The van der Waals surface area contributed by atoms with Gasteiger partial charge in [-0.15, -0.1) is 0 Å². The van der Waals surface area contributed by atoms with E-state index in [9.17, 15) is 9.59 Å². The third-order valence-electron chi connectivity index (χ3n) is 5.88. The topological polar surface area (TPSA) is 59.8 Å². The van der Waals surface area contributed by atoms with Crippen LogP contribution in [0.15, 0.2) is 51.7 Å². The quantitative estimate of drug-likeness (QED) is 0.618. The molecule has 1 unspecified atom stereocenters. The molecule has 5 nitrogen and oxygen atoms in total.